The first kappa shape index (κ1) is 16.6. The third-order valence-corrected chi connectivity index (χ3v) is 5.81. The Morgan fingerprint density at radius 1 is 1.04 bits per heavy atom. The van der Waals surface area contributed by atoms with Crippen LogP contribution in [0.1, 0.15) is 38.1 Å². The summed E-state index contributed by atoms with van der Waals surface area (Å²) in [6.45, 7) is 0. The maximum atomic E-state index is 6.28. The van der Waals surface area contributed by atoms with E-state index in [2.05, 4.69) is 32.7 Å². The van der Waals surface area contributed by atoms with E-state index >= 15 is 0 Å². The fourth-order valence-electron chi connectivity index (χ4n) is 4.28. The third kappa shape index (κ3) is 2.94. The number of nitrogens with one attached hydrogen (secondary N) is 1. The lowest BCUT2D eigenvalue weighted by Crippen LogP contribution is -2.13. The summed E-state index contributed by atoms with van der Waals surface area (Å²) in [6, 6.07) is 12.7. The van der Waals surface area contributed by atoms with Gasteiger partial charge in [-0.3, -0.25) is 0 Å². The molecule has 5 rings (SSSR count). The van der Waals surface area contributed by atoms with Crippen LogP contribution < -0.4 is 0 Å². The molecule has 3 heterocycles. The number of benzene rings is 1. The topological polar surface area (TPSA) is 46.5 Å². The van der Waals surface area contributed by atoms with Crippen LogP contribution in [0.4, 0.5) is 0 Å². The van der Waals surface area contributed by atoms with Crippen LogP contribution in [0.3, 0.4) is 0 Å². The molecule has 1 aliphatic rings. The first-order valence-corrected chi connectivity index (χ1v) is 9.94. The highest BCUT2D eigenvalue weighted by molar-refractivity contribution is 6.30. The van der Waals surface area contributed by atoms with Gasteiger partial charge in [0.25, 0.3) is 0 Å². The Bertz CT molecular complexity index is 1090. The van der Waals surface area contributed by atoms with E-state index in [-0.39, 0.29) is 0 Å². The maximum absolute atomic E-state index is 6.28. The summed E-state index contributed by atoms with van der Waals surface area (Å²) in [5, 5.41) is 1.85. The van der Waals surface area contributed by atoms with Crippen molar-refractivity contribution in [3.63, 3.8) is 0 Å². The predicted octanol–water partition coefficient (Wildman–Crippen LogP) is 6.25. The standard InChI is InChI=1S/C22H21ClN4/c23-16-6-4-5-15(13-16)20-21(18-9-11-24-22-19(18)10-12-25-22)27(14-26-20)17-7-2-1-3-8-17/h4-6,9-14,17H,1-3,7-8H2,(H,24,25). The first-order valence-electron chi connectivity index (χ1n) is 9.56. The van der Waals surface area contributed by atoms with Gasteiger partial charge in [-0.15, -0.1) is 0 Å². The van der Waals surface area contributed by atoms with Gasteiger partial charge in [0.15, 0.2) is 0 Å². The van der Waals surface area contributed by atoms with Gasteiger partial charge in [0, 0.05) is 40.0 Å². The Kier molecular flexibility index (Phi) is 4.21. The van der Waals surface area contributed by atoms with Crippen molar-refractivity contribution >= 4 is 22.6 Å². The summed E-state index contributed by atoms with van der Waals surface area (Å²) in [6.07, 6.45) is 12.1. The zero-order chi connectivity index (χ0) is 18.2. The summed E-state index contributed by atoms with van der Waals surface area (Å²) < 4.78 is 2.39. The lowest BCUT2D eigenvalue weighted by molar-refractivity contribution is 0.355. The fourth-order valence-corrected chi connectivity index (χ4v) is 4.47. The molecule has 0 atom stereocenters. The molecule has 4 aromatic rings. The molecule has 27 heavy (non-hydrogen) atoms. The summed E-state index contributed by atoms with van der Waals surface area (Å²) in [5.41, 5.74) is 5.26. The number of aromatic nitrogens is 4. The molecule has 3 aromatic heterocycles. The normalized spacial score (nSPS) is 15.4. The van der Waals surface area contributed by atoms with Crippen molar-refractivity contribution in [3.05, 3.63) is 60.1 Å². The number of H-pyrrole nitrogens is 1. The van der Waals surface area contributed by atoms with E-state index in [1.54, 1.807) is 0 Å². The molecule has 0 aliphatic heterocycles. The Labute approximate surface area is 163 Å². The molecular formula is C22H21ClN4. The second-order valence-electron chi connectivity index (χ2n) is 7.25. The van der Waals surface area contributed by atoms with E-state index in [0.29, 0.717) is 6.04 Å². The molecule has 1 N–H and O–H groups in total. The van der Waals surface area contributed by atoms with Gasteiger partial charge in [-0.05, 0) is 37.1 Å². The van der Waals surface area contributed by atoms with Gasteiger partial charge in [-0.25, -0.2) is 9.97 Å². The van der Waals surface area contributed by atoms with E-state index in [4.69, 9.17) is 16.6 Å². The Morgan fingerprint density at radius 2 is 1.93 bits per heavy atom. The van der Waals surface area contributed by atoms with Gasteiger partial charge >= 0.3 is 0 Å². The van der Waals surface area contributed by atoms with Gasteiger partial charge in [-0.1, -0.05) is 43.0 Å². The Balaban J connectivity index is 1.75. The second-order valence-corrected chi connectivity index (χ2v) is 7.69. The minimum atomic E-state index is 0.497. The SMILES string of the molecule is Clc1cccc(-c2ncn(C3CCCCC3)c2-c2ccnc3[nH]ccc23)c1. The quantitative estimate of drug-likeness (QED) is 0.459. The molecule has 4 nitrogen and oxygen atoms in total. The zero-order valence-electron chi connectivity index (χ0n) is 15.0. The summed E-state index contributed by atoms with van der Waals surface area (Å²) >= 11 is 6.28. The second kappa shape index (κ2) is 6.86. The van der Waals surface area contributed by atoms with E-state index in [0.717, 1.165) is 33.0 Å². The lowest BCUT2D eigenvalue weighted by Gasteiger charge is -2.25. The van der Waals surface area contributed by atoms with Crippen LogP contribution in [0.25, 0.3) is 33.5 Å². The van der Waals surface area contributed by atoms with Crippen LogP contribution in [0.15, 0.2) is 55.1 Å². The molecule has 1 fully saturated rings. The monoisotopic (exact) mass is 376 g/mol. The molecule has 1 saturated carbocycles. The number of nitrogens with zero attached hydrogens (tertiary/aromatic N) is 3. The van der Waals surface area contributed by atoms with Crippen molar-refractivity contribution in [2.45, 2.75) is 38.1 Å². The highest BCUT2D eigenvalue weighted by Gasteiger charge is 2.23. The van der Waals surface area contributed by atoms with E-state index in [1.807, 2.05) is 36.9 Å². The molecule has 5 heteroatoms. The average molecular weight is 377 g/mol. The lowest BCUT2D eigenvalue weighted by atomic mass is 9.94. The van der Waals surface area contributed by atoms with E-state index < -0.39 is 0 Å². The first-order chi connectivity index (χ1) is 13.3. The van der Waals surface area contributed by atoms with Crippen LogP contribution >= 0.6 is 11.6 Å². The van der Waals surface area contributed by atoms with Crippen LogP contribution in [-0.4, -0.2) is 19.5 Å². The number of aromatic amines is 1. The maximum Gasteiger partial charge on any atom is 0.137 e. The molecule has 0 radical (unpaired) electrons. The Hall–Kier alpha value is -2.59. The molecule has 0 unspecified atom stereocenters. The minimum absolute atomic E-state index is 0.497. The number of rotatable bonds is 3. The largest absolute Gasteiger partial charge is 0.346 e. The van der Waals surface area contributed by atoms with E-state index in [1.165, 1.54) is 37.7 Å². The van der Waals surface area contributed by atoms with Crippen molar-refractivity contribution in [3.8, 4) is 22.5 Å². The number of hydrogen-bond acceptors (Lipinski definition) is 2. The van der Waals surface area contributed by atoms with Crippen LogP contribution in [-0.2, 0) is 0 Å². The Morgan fingerprint density at radius 3 is 2.78 bits per heavy atom. The highest BCUT2D eigenvalue weighted by Crippen LogP contribution is 2.40. The molecule has 1 aliphatic carbocycles. The number of hydrogen-bond donors (Lipinski definition) is 1. The average Bonchev–Trinajstić information content (AvgIpc) is 3.35. The number of halogens is 1. The summed E-state index contributed by atoms with van der Waals surface area (Å²) in [7, 11) is 0. The van der Waals surface area contributed by atoms with Gasteiger partial charge in [-0.2, -0.15) is 0 Å². The minimum Gasteiger partial charge on any atom is -0.346 e. The number of imidazole rings is 1. The zero-order valence-corrected chi connectivity index (χ0v) is 15.8. The van der Waals surface area contributed by atoms with Crippen molar-refractivity contribution in [2.75, 3.05) is 0 Å². The van der Waals surface area contributed by atoms with Crippen LogP contribution in [0.2, 0.25) is 5.02 Å². The van der Waals surface area contributed by atoms with Crippen molar-refractivity contribution in [1.82, 2.24) is 19.5 Å². The fraction of sp³-hybridized carbons (Fsp3) is 0.273. The highest BCUT2D eigenvalue weighted by atomic mass is 35.5. The summed E-state index contributed by atoms with van der Waals surface area (Å²) in [5.74, 6) is 0. The molecule has 136 valence electrons. The van der Waals surface area contributed by atoms with Crippen molar-refractivity contribution < 1.29 is 0 Å². The van der Waals surface area contributed by atoms with E-state index in [9.17, 15) is 0 Å². The van der Waals surface area contributed by atoms with Gasteiger partial charge in [0.1, 0.15) is 5.65 Å². The third-order valence-electron chi connectivity index (χ3n) is 5.58. The molecule has 0 amide bonds. The number of fused-ring (bicyclic) bond motifs is 1. The van der Waals surface area contributed by atoms with Gasteiger partial charge < -0.3 is 9.55 Å². The molecule has 0 saturated heterocycles. The van der Waals surface area contributed by atoms with Crippen LogP contribution in [0, 0.1) is 0 Å². The van der Waals surface area contributed by atoms with Crippen molar-refractivity contribution in [2.24, 2.45) is 0 Å². The molecule has 1 aromatic carbocycles. The molecule has 0 bridgehead atoms. The van der Waals surface area contributed by atoms with Gasteiger partial charge in [0.2, 0.25) is 0 Å². The van der Waals surface area contributed by atoms with Crippen molar-refractivity contribution in [1.29, 1.82) is 0 Å². The smallest absolute Gasteiger partial charge is 0.137 e. The molecule has 0 spiro atoms. The summed E-state index contributed by atoms with van der Waals surface area (Å²) in [4.78, 5) is 12.5. The van der Waals surface area contributed by atoms with Crippen LogP contribution in [0.5, 0.6) is 0 Å². The predicted molar refractivity (Wildman–Crippen MR) is 110 cm³/mol. The number of pyridine rings is 1. The van der Waals surface area contributed by atoms with Gasteiger partial charge in [0.05, 0.1) is 17.7 Å². The molecular weight excluding hydrogens is 356 g/mol.